The number of likely N-dealkylation sites (N-methyl/N-ethyl adjacent to an activating group) is 1. The Morgan fingerprint density at radius 2 is 2.25 bits per heavy atom. The van der Waals surface area contributed by atoms with Crippen LogP contribution in [-0.2, 0) is 4.74 Å². The number of hydrogen-bond acceptors (Lipinski definition) is 6. The molecule has 0 aromatic carbocycles. The molecule has 0 radical (unpaired) electrons. The third-order valence-corrected chi connectivity index (χ3v) is 5.58. The number of carbonyl (C=O) groups excluding carboxylic acids is 1. The van der Waals surface area contributed by atoms with Crippen molar-refractivity contribution in [3.8, 4) is 0 Å². The first-order valence-corrected chi connectivity index (χ1v) is 9.83. The second kappa shape index (κ2) is 7.75. The van der Waals surface area contributed by atoms with Crippen LogP contribution in [0.5, 0.6) is 0 Å². The maximum Gasteiger partial charge on any atom is 0.407 e. The second-order valence-corrected chi connectivity index (χ2v) is 7.73. The summed E-state index contributed by atoms with van der Waals surface area (Å²) in [6.07, 6.45) is 5.76. The van der Waals surface area contributed by atoms with Crippen LogP contribution >= 0.6 is 0 Å². The van der Waals surface area contributed by atoms with Crippen molar-refractivity contribution in [3.05, 3.63) is 24.3 Å². The zero-order valence-corrected chi connectivity index (χ0v) is 16.6. The topological polar surface area (TPSA) is 100 Å². The summed E-state index contributed by atoms with van der Waals surface area (Å²) in [5.74, 6) is 1.52. The highest BCUT2D eigenvalue weighted by atomic mass is 16.6. The number of carbonyl (C=O) groups is 1. The number of rotatable bonds is 6. The highest BCUT2D eigenvalue weighted by Gasteiger charge is 2.39. The maximum atomic E-state index is 12.1. The molecule has 1 fully saturated rings. The zero-order chi connectivity index (χ0) is 19.7. The number of hydrogen-bond donors (Lipinski definition) is 2. The Bertz CT molecular complexity index is 964. The highest BCUT2D eigenvalue weighted by Crippen LogP contribution is 2.42. The lowest BCUT2D eigenvalue weighted by atomic mass is 9.93. The zero-order valence-electron chi connectivity index (χ0n) is 16.6. The van der Waals surface area contributed by atoms with Gasteiger partial charge in [0.15, 0.2) is 11.3 Å². The molecule has 1 saturated carbocycles. The Morgan fingerprint density at radius 3 is 3.04 bits per heavy atom. The van der Waals surface area contributed by atoms with E-state index in [9.17, 15) is 4.79 Å². The van der Waals surface area contributed by atoms with E-state index < -0.39 is 0 Å². The second-order valence-electron chi connectivity index (χ2n) is 7.73. The molecule has 28 heavy (non-hydrogen) atoms. The standard InChI is InChI=1S/C19H27N7O2/c1-4-12-9-13(28-19(27)21-7-8-25(2)3)10-14(12)18-24-23-16-11-22-17-15(26(16)18)5-6-20-17/h5-6,11-14,20H,4,7-10H2,1-3H3,(H,21,27)/t12-,13+,14+/m1/s1. The van der Waals surface area contributed by atoms with Crippen molar-refractivity contribution in [1.82, 2.24) is 34.8 Å². The van der Waals surface area contributed by atoms with Crippen LogP contribution in [0.15, 0.2) is 18.5 Å². The number of aromatic amines is 1. The number of nitrogens with one attached hydrogen (secondary N) is 2. The van der Waals surface area contributed by atoms with Crippen molar-refractivity contribution in [2.45, 2.75) is 38.2 Å². The molecule has 0 spiro atoms. The molecule has 0 saturated heterocycles. The van der Waals surface area contributed by atoms with Crippen LogP contribution in [0.3, 0.4) is 0 Å². The average molecular weight is 385 g/mol. The van der Waals surface area contributed by atoms with Gasteiger partial charge >= 0.3 is 6.09 Å². The summed E-state index contributed by atoms with van der Waals surface area (Å²) in [5, 5.41) is 11.6. The van der Waals surface area contributed by atoms with Crippen LogP contribution in [0.25, 0.3) is 16.8 Å². The van der Waals surface area contributed by atoms with Crippen molar-refractivity contribution in [3.63, 3.8) is 0 Å². The fraction of sp³-hybridized carbons (Fsp3) is 0.579. The van der Waals surface area contributed by atoms with Crippen LogP contribution in [0, 0.1) is 5.92 Å². The van der Waals surface area contributed by atoms with Gasteiger partial charge in [-0.2, -0.15) is 0 Å². The predicted octanol–water partition coefficient (Wildman–Crippen LogP) is 2.17. The number of alkyl carbamates (subject to hydrolysis) is 1. The predicted molar refractivity (Wildman–Crippen MR) is 105 cm³/mol. The highest BCUT2D eigenvalue weighted by molar-refractivity contribution is 5.74. The van der Waals surface area contributed by atoms with Gasteiger partial charge in [0, 0.05) is 25.2 Å². The minimum absolute atomic E-state index is 0.106. The van der Waals surface area contributed by atoms with Gasteiger partial charge < -0.3 is 19.9 Å². The largest absolute Gasteiger partial charge is 0.446 e. The van der Waals surface area contributed by atoms with Gasteiger partial charge in [-0.05, 0) is 38.9 Å². The molecule has 3 aromatic heterocycles. The Hall–Kier alpha value is -2.68. The molecule has 0 bridgehead atoms. The molecular formula is C19H27N7O2. The molecule has 0 aliphatic heterocycles. The Morgan fingerprint density at radius 1 is 1.39 bits per heavy atom. The third kappa shape index (κ3) is 3.54. The molecule has 1 aliphatic rings. The number of nitrogens with zero attached hydrogens (tertiary/aromatic N) is 5. The first-order valence-electron chi connectivity index (χ1n) is 9.83. The van der Waals surface area contributed by atoms with E-state index in [1.165, 1.54) is 0 Å². The summed E-state index contributed by atoms with van der Waals surface area (Å²) < 4.78 is 7.77. The maximum absolute atomic E-state index is 12.1. The summed E-state index contributed by atoms with van der Waals surface area (Å²) in [6, 6.07) is 1.99. The molecule has 150 valence electrons. The summed E-state index contributed by atoms with van der Waals surface area (Å²) in [4.78, 5) is 21.7. The monoisotopic (exact) mass is 385 g/mol. The number of H-pyrrole nitrogens is 1. The van der Waals surface area contributed by atoms with Crippen LogP contribution in [0.4, 0.5) is 4.79 Å². The summed E-state index contributed by atoms with van der Waals surface area (Å²) >= 11 is 0. The lowest BCUT2D eigenvalue weighted by Gasteiger charge is -2.15. The molecule has 4 rings (SSSR count). The Balaban J connectivity index is 1.51. The van der Waals surface area contributed by atoms with E-state index in [0.717, 1.165) is 48.4 Å². The number of amides is 1. The van der Waals surface area contributed by atoms with Gasteiger partial charge in [0.25, 0.3) is 0 Å². The van der Waals surface area contributed by atoms with Gasteiger partial charge in [-0.3, -0.25) is 4.40 Å². The van der Waals surface area contributed by atoms with Crippen LogP contribution in [0.2, 0.25) is 0 Å². The lowest BCUT2D eigenvalue weighted by molar-refractivity contribution is 0.0977. The van der Waals surface area contributed by atoms with Crippen LogP contribution < -0.4 is 5.32 Å². The molecule has 3 heterocycles. The van der Waals surface area contributed by atoms with E-state index in [0.29, 0.717) is 12.5 Å². The molecule has 0 unspecified atom stereocenters. The van der Waals surface area contributed by atoms with E-state index in [1.54, 1.807) is 6.20 Å². The molecular weight excluding hydrogens is 358 g/mol. The quantitative estimate of drug-likeness (QED) is 0.674. The molecule has 3 atom stereocenters. The molecule has 3 aromatic rings. The van der Waals surface area contributed by atoms with Gasteiger partial charge in [0.1, 0.15) is 11.9 Å². The fourth-order valence-electron chi connectivity index (χ4n) is 4.15. The summed E-state index contributed by atoms with van der Waals surface area (Å²) in [5.41, 5.74) is 2.52. The van der Waals surface area contributed by atoms with E-state index in [1.807, 2.05) is 31.3 Å². The number of ether oxygens (including phenoxy) is 1. The van der Waals surface area contributed by atoms with Crippen molar-refractivity contribution >= 4 is 22.9 Å². The molecule has 1 aliphatic carbocycles. The van der Waals surface area contributed by atoms with Crippen molar-refractivity contribution in [2.24, 2.45) is 5.92 Å². The van der Waals surface area contributed by atoms with Gasteiger partial charge in [0.2, 0.25) is 0 Å². The van der Waals surface area contributed by atoms with Gasteiger partial charge in [-0.15, -0.1) is 10.2 Å². The third-order valence-electron chi connectivity index (χ3n) is 5.58. The summed E-state index contributed by atoms with van der Waals surface area (Å²) in [6.45, 7) is 3.53. The average Bonchev–Trinajstić information content (AvgIpc) is 3.37. The number of fused-ring (bicyclic) bond motifs is 3. The van der Waals surface area contributed by atoms with E-state index in [4.69, 9.17) is 4.74 Å². The van der Waals surface area contributed by atoms with Crippen molar-refractivity contribution < 1.29 is 9.53 Å². The Labute approximate surface area is 163 Å². The first-order chi connectivity index (χ1) is 13.6. The van der Waals surface area contributed by atoms with E-state index in [-0.39, 0.29) is 18.1 Å². The molecule has 9 nitrogen and oxygen atoms in total. The molecule has 1 amide bonds. The first kappa shape index (κ1) is 18.7. The van der Waals surface area contributed by atoms with Crippen molar-refractivity contribution in [1.29, 1.82) is 0 Å². The number of aromatic nitrogens is 5. The lowest BCUT2D eigenvalue weighted by Crippen LogP contribution is -2.33. The van der Waals surface area contributed by atoms with Crippen LogP contribution in [0.1, 0.15) is 37.9 Å². The van der Waals surface area contributed by atoms with Crippen LogP contribution in [-0.4, -0.2) is 68.8 Å². The van der Waals surface area contributed by atoms with Gasteiger partial charge in [0.05, 0.1) is 11.7 Å². The molecule has 2 N–H and O–H groups in total. The van der Waals surface area contributed by atoms with E-state index >= 15 is 0 Å². The fourth-order valence-corrected chi connectivity index (χ4v) is 4.15. The van der Waals surface area contributed by atoms with Gasteiger partial charge in [-0.25, -0.2) is 9.78 Å². The van der Waals surface area contributed by atoms with E-state index in [2.05, 4.69) is 36.8 Å². The Kier molecular flexibility index (Phi) is 5.17. The normalized spacial score (nSPS) is 22.4. The smallest absolute Gasteiger partial charge is 0.407 e. The van der Waals surface area contributed by atoms with Crippen molar-refractivity contribution in [2.75, 3.05) is 27.2 Å². The minimum atomic E-state index is -0.342. The SMILES string of the molecule is CC[C@@H]1C[C@H](OC(=O)NCCN(C)C)C[C@@H]1c1nnc2cnc3[nH]ccc3n12. The minimum Gasteiger partial charge on any atom is -0.446 e. The molecule has 9 heteroatoms. The van der Waals surface area contributed by atoms with Gasteiger partial charge in [-0.1, -0.05) is 13.3 Å². The summed E-state index contributed by atoms with van der Waals surface area (Å²) in [7, 11) is 3.95.